The minimum Gasteiger partial charge on any atom is -0.308 e. The lowest BCUT2D eigenvalue weighted by atomic mass is 9.94. The second kappa shape index (κ2) is 7.90. The van der Waals surface area contributed by atoms with Gasteiger partial charge < -0.3 is 5.32 Å². The molecule has 12 heteroatoms. The Bertz CT molecular complexity index is 1360. The van der Waals surface area contributed by atoms with Crippen molar-refractivity contribution in [2.45, 2.75) is 69.0 Å². The molecular formula is C21H24F2N6O2S2. The molecule has 3 aromatic heterocycles. The number of hydrogen-bond donors (Lipinski definition) is 2. The Balaban J connectivity index is 1.70. The lowest BCUT2D eigenvalue weighted by Gasteiger charge is -2.26. The predicted molar refractivity (Wildman–Crippen MR) is 122 cm³/mol. The normalized spacial score (nSPS) is 22.7. The molecule has 4 heterocycles. The number of nitrogens with one attached hydrogen (secondary N) is 2. The number of fused-ring (bicyclic) bond motifs is 1. The van der Waals surface area contributed by atoms with Crippen LogP contribution in [0.25, 0.3) is 21.9 Å². The molecule has 0 aromatic carbocycles. The van der Waals surface area contributed by atoms with Gasteiger partial charge in [0, 0.05) is 29.4 Å². The summed E-state index contributed by atoms with van der Waals surface area (Å²) in [7, 11) is -3.81. The molecule has 0 unspecified atom stereocenters. The number of pyridine rings is 1. The summed E-state index contributed by atoms with van der Waals surface area (Å²) in [6.07, 6.45) is 4.60. The van der Waals surface area contributed by atoms with Crippen molar-refractivity contribution in [3.63, 3.8) is 0 Å². The monoisotopic (exact) mass is 494 g/mol. The lowest BCUT2D eigenvalue weighted by molar-refractivity contribution is 0.150. The highest BCUT2D eigenvalue weighted by Gasteiger charge is 2.41. The van der Waals surface area contributed by atoms with Gasteiger partial charge >= 0.3 is 0 Å². The molecule has 0 radical (unpaired) electrons. The van der Waals surface area contributed by atoms with Crippen LogP contribution in [0.1, 0.15) is 57.0 Å². The van der Waals surface area contributed by atoms with Gasteiger partial charge in [0.1, 0.15) is 11.3 Å². The number of sulfonamides is 1. The minimum absolute atomic E-state index is 0.0933. The SMILES string of the molecule is C[C@@H]1C=C(c2cc(S(=O)(=O)NC3(C)CC3)cn3c(-c4nnc(C(F)F)s4)cnc23)C[C@@H](C)N1. The smallest absolute Gasteiger partial charge is 0.291 e. The first-order chi connectivity index (χ1) is 15.5. The lowest BCUT2D eigenvalue weighted by Crippen LogP contribution is -2.37. The van der Waals surface area contributed by atoms with E-state index in [0.29, 0.717) is 23.3 Å². The molecule has 1 saturated carbocycles. The quantitative estimate of drug-likeness (QED) is 0.541. The van der Waals surface area contributed by atoms with Gasteiger partial charge in [-0.1, -0.05) is 17.4 Å². The number of hydrogen-bond acceptors (Lipinski definition) is 7. The van der Waals surface area contributed by atoms with E-state index in [-0.39, 0.29) is 22.0 Å². The zero-order chi connectivity index (χ0) is 23.5. The van der Waals surface area contributed by atoms with Crippen LogP contribution in [-0.2, 0) is 10.0 Å². The van der Waals surface area contributed by atoms with Gasteiger partial charge in [0.15, 0.2) is 10.0 Å². The molecule has 5 rings (SSSR count). The molecule has 33 heavy (non-hydrogen) atoms. The van der Waals surface area contributed by atoms with E-state index >= 15 is 0 Å². The predicted octanol–water partition coefficient (Wildman–Crippen LogP) is 3.77. The Labute approximate surface area is 194 Å². The molecular weight excluding hydrogens is 470 g/mol. The van der Waals surface area contributed by atoms with Crippen LogP contribution in [0.2, 0.25) is 0 Å². The Morgan fingerprint density at radius 2 is 2.06 bits per heavy atom. The molecule has 2 N–H and O–H groups in total. The summed E-state index contributed by atoms with van der Waals surface area (Å²) >= 11 is 0.766. The third-order valence-electron chi connectivity index (χ3n) is 5.99. The average molecular weight is 495 g/mol. The van der Waals surface area contributed by atoms with E-state index in [4.69, 9.17) is 0 Å². The molecule has 0 bridgehead atoms. The van der Waals surface area contributed by atoms with Crippen molar-refractivity contribution in [2.24, 2.45) is 0 Å². The zero-order valence-electron chi connectivity index (χ0n) is 18.3. The first-order valence-electron chi connectivity index (χ1n) is 10.7. The van der Waals surface area contributed by atoms with Gasteiger partial charge in [-0.05, 0) is 51.7 Å². The van der Waals surface area contributed by atoms with Gasteiger partial charge in [-0.25, -0.2) is 26.9 Å². The highest BCUT2D eigenvalue weighted by molar-refractivity contribution is 7.89. The molecule has 2 atom stereocenters. The highest BCUT2D eigenvalue weighted by Crippen LogP contribution is 2.37. The van der Waals surface area contributed by atoms with E-state index in [1.54, 1.807) is 10.5 Å². The van der Waals surface area contributed by atoms with Crippen LogP contribution in [-0.4, -0.2) is 45.6 Å². The minimum atomic E-state index is -3.81. The van der Waals surface area contributed by atoms with E-state index < -0.39 is 27.0 Å². The number of halogens is 2. The van der Waals surface area contributed by atoms with Gasteiger partial charge in [0.25, 0.3) is 6.43 Å². The van der Waals surface area contributed by atoms with E-state index in [2.05, 4.69) is 38.2 Å². The summed E-state index contributed by atoms with van der Waals surface area (Å²) in [5.41, 5.74) is 2.21. The molecule has 0 saturated heterocycles. The molecule has 3 aromatic rings. The Kier molecular flexibility index (Phi) is 5.39. The molecule has 1 aliphatic heterocycles. The van der Waals surface area contributed by atoms with Gasteiger partial charge in [-0.3, -0.25) is 4.40 Å². The fourth-order valence-corrected chi connectivity index (χ4v) is 6.35. The maximum absolute atomic E-state index is 13.3. The second-order valence-electron chi connectivity index (χ2n) is 9.09. The average Bonchev–Trinajstić information content (AvgIpc) is 3.14. The van der Waals surface area contributed by atoms with Crippen LogP contribution in [0, 0.1) is 0 Å². The van der Waals surface area contributed by atoms with Crippen molar-refractivity contribution in [3.8, 4) is 10.7 Å². The molecule has 2 aliphatic rings. The van der Waals surface area contributed by atoms with Gasteiger partial charge in [-0.15, -0.1) is 10.2 Å². The van der Waals surface area contributed by atoms with Crippen LogP contribution < -0.4 is 10.0 Å². The third kappa shape index (κ3) is 4.32. The topological polar surface area (TPSA) is 101 Å². The number of rotatable bonds is 6. The van der Waals surface area contributed by atoms with Crippen LogP contribution in [0.3, 0.4) is 0 Å². The molecule has 0 spiro atoms. The van der Waals surface area contributed by atoms with E-state index in [0.717, 1.165) is 29.8 Å². The van der Waals surface area contributed by atoms with Crippen molar-refractivity contribution in [2.75, 3.05) is 0 Å². The van der Waals surface area contributed by atoms with Gasteiger partial charge in [-0.2, -0.15) is 0 Å². The third-order valence-corrected chi connectivity index (χ3v) is 8.55. The summed E-state index contributed by atoms with van der Waals surface area (Å²) in [5.74, 6) is 0. The van der Waals surface area contributed by atoms with E-state index in [9.17, 15) is 17.2 Å². The van der Waals surface area contributed by atoms with E-state index in [1.807, 2.05) is 13.8 Å². The van der Waals surface area contributed by atoms with E-state index in [1.165, 1.54) is 12.4 Å². The first-order valence-corrected chi connectivity index (χ1v) is 13.0. The summed E-state index contributed by atoms with van der Waals surface area (Å²) < 4.78 is 57.1. The Hall–Kier alpha value is -2.28. The zero-order valence-corrected chi connectivity index (χ0v) is 20.0. The second-order valence-corrected chi connectivity index (χ2v) is 11.8. The fraction of sp³-hybridized carbons (Fsp3) is 0.476. The van der Waals surface area contributed by atoms with Crippen molar-refractivity contribution >= 4 is 32.6 Å². The van der Waals surface area contributed by atoms with Crippen molar-refractivity contribution in [1.29, 1.82) is 0 Å². The van der Waals surface area contributed by atoms with Gasteiger partial charge in [0.2, 0.25) is 10.0 Å². The van der Waals surface area contributed by atoms with Crippen LogP contribution in [0.5, 0.6) is 0 Å². The number of alkyl halides is 2. The number of nitrogens with zero attached hydrogens (tertiary/aromatic N) is 4. The number of aromatic nitrogens is 4. The van der Waals surface area contributed by atoms with Gasteiger partial charge in [0.05, 0.1) is 11.1 Å². The molecule has 1 aliphatic carbocycles. The van der Waals surface area contributed by atoms with Crippen molar-refractivity contribution < 1.29 is 17.2 Å². The summed E-state index contributed by atoms with van der Waals surface area (Å²) in [6.45, 7) is 5.98. The first kappa shape index (κ1) is 22.5. The molecule has 1 fully saturated rings. The fourth-order valence-electron chi connectivity index (χ4n) is 4.16. The van der Waals surface area contributed by atoms with Crippen molar-refractivity contribution in [1.82, 2.24) is 29.6 Å². The summed E-state index contributed by atoms with van der Waals surface area (Å²) in [4.78, 5) is 4.62. The maximum atomic E-state index is 13.3. The molecule has 176 valence electrons. The van der Waals surface area contributed by atoms with Crippen molar-refractivity contribution in [3.05, 3.63) is 35.1 Å². The highest BCUT2D eigenvalue weighted by atomic mass is 32.2. The molecule has 0 amide bonds. The number of imidazole rings is 1. The maximum Gasteiger partial charge on any atom is 0.291 e. The molecule has 8 nitrogen and oxygen atoms in total. The Morgan fingerprint density at radius 3 is 2.70 bits per heavy atom. The van der Waals surface area contributed by atoms with Crippen LogP contribution in [0.15, 0.2) is 29.4 Å². The summed E-state index contributed by atoms with van der Waals surface area (Å²) in [5, 5.41) is 10.8. The standard InChI is InChI=1S/C21H24F2N6O2S2/c1-11-6-13(7-12(2)25-11)15-8-14(33(30,31)28-21(3)4-5-21)10-29-16(9-24-18(15)29)19-26-27-20(32-19)17(22)23/h6,8-12,17,25,28H,4-5,7H2,1-3H3/t11-,12-/m1/s1. The Morgan fingerprint density at radius 1 is 1.30 bits per heavy atom. The van der Waals surface area contributed by atoms with Crippen LogP contribution in [0.4, 0.5) is 8.78 Å². The van der Waals surface area contributed by atoms with Crippen LogP contribution >= 0.6 is 11.3 Å². The largest absolute Gasteiger partial charge is 0.308 e. The summed E-state index contributed by atoms with van der Waals surface area (Å²) in [6, 6.07) is 1.97.